The van der Waals surface area contributed by atoms with Crippen LogP contribution in [0, 0.1) is 34.6 Å². The molecule has 1 heterocycles. The van der Waals surface area contributed by atoms with Gasteiger partial charge in [0, 0.05) is 5.75 Å². The van der Waals surface area contributed by atoms with Gasteiger partial charge in [0.25, 0.3) is 0 Å². The van der Waals surface area contributed by atoms with Crippen LogP contribution in [0.1, 0.15) is 33.4 Å². The monoisotopic (exact) mass is 312 g/mol. The Morgan fingerprint density at radius 3 is 1.73 bits per heavy atom. The maximum atomic E-state index is 3.54. The minimum Gasteiger partial charge on any atom is -0.355 e. The van der Waals surface area contributed by atoms with Gasteiger partial charge in [-0.15, -0.1) is 11.8 Å². The lowest BCUT2D eigenvalue weighted by molar-refractivity contribution is 1.11. The first-order chi connectivity index (χ1) is 10.5. The summed E-state index contributed by atoms with van der Waals surface area (Å²) >= 11 is 1.92. The van der Waals surface area contributed by atoms with Gasteiger partial charge in [-0.3, -0.25) is 0 Å². The molecule has 2 N–H and O–H groups in total. The molecule has 0 saturated carbocycles. The van der Waals surface area contributed by atoms with Crippen LogP contribution in [0.5, 0.6) is 0 Å². The van der Waals surface area contributed by atoms with E-state index < -0.39 is 0 Å². The predicted octanol–water partition coefficient (Wildman–Crippen LogP) is 5.28. The average molecular weight is 312 g/mol. The van der Waals surface area contributed by atoms with E-state index in [4.69, 9.17) is 0 Å². The number of para-hydroxylation sites is 2. The molecule has 0 fully saturated rings. The number of fused-ring (bicyclic) bond motifs is 1. The van der Waals surface area contributed by atoms with Crippen LogP contribution in [-0.4, -0.2) is 5.50 Å². The largest absolute Gasteiger partial charge is 0.355 e. The van der Waals surface area contributed by atoms with Crippen molar-refractivity contribution in [1.82, 2.24) is 0 Å². The molecule has 0 aliphatic carbocycles. The van der Waals surface area contributed by atoms with E-state index in [0.717, 1.165) is 5.75 Å². The fourth-order valence-corrected chi connectivity index (χ4v) is 4.28. The third-order valence-corrected chi connectivity index (χ3v) is 6.07. The molecule has 2 nitrogen and oxygen atoms in total. The molecule has 0 amide bonds. The Labute approximate surface area is 137 Å². The van der Waals surface area contributed by atoms with Crippen molar-refractivity contribution in [3.63, 3.8) is 0 Å². The van der Waals surface area contributed by atoms with E-state index in [1.807, 2.05) is 11.8 Å². The molecule has 0 spiro atoms. The molecule has 0 unspecified atom stereocenters. The lowest BCUT2D eigenvalue weighted by Crippen LogP contribution is -2.18. The molecule has 2 aromatic carbocycles. The zero-order valence-electron chi connectivity index (χ0n) is 14.0. The molecule has 1 aliphatic heterocycles. The number of nitrogens with one attached hydrogen (secondary N) is 2. The van der Waals surface area contributed by atoms with Crippen LogP contribution in [0.2, 0.25) is 0 Å². The second-order valence-corrected chi connectivity index (χ2v) is 7.22. The number of hydrogen-bond donors (Lipinski definition) is 2. The Hall–Kier alpha value is -1.61. The Balaban J connectivity index is 1.76. The predicted molar refractivity (Wildman–Crippen MR) is 98.9 cm³/mol. The van der Waals surface area contributed by atoms with Crippen LogP contribution in [0.25, 0.3) is 0 Å². The fraction of sp³-hybridized carbons (Fsp3) is 0.368. The van der Waals surface area contributed by atoms with Crippen molar-refractivity contribution >= 4 is 23.1 Å². The van der Waals surface area contributed by atoms with Crippen LogP contribution in [0.15, 0.2) is 24.3 Å². The lowest BCUT2D eigenvalue weighted by Gasteiger charge is -2.20. The number of benzene rings is 2. The van der Waals surface area contributed by atoms with Gasteiger partial charge in [0.2, 0.25) is 0 Å². The van der Waals surface area contributed by atoms with E-state index in [2.05, 4.69) is 69.5 Å². The highest BCUT2D eigenvalue weighted by Gasteiger charge is 2.20. The Morgan fingerprint density at radius 1 is 0.773 bits per heavy atom. The molecule has 0 radical (unpaired) electrons. The summed E-state index contributed by atoms with van der Waals surface area (Å²) < 4.78 is 0. The van der Waals surface area contributed by atoms with Crippen LogP contribution in [0.4, 0.5) is 11.4 Å². The first kappa shape index (κ1) is 15.3. The summed E-state index contributed by atoms with van der Waals surface area (Å²) in [6, 6.07) is 8.39. The van der Waals surface area contributed by atoms with Gasteiger partial charge in [-0.1, -0.05) is 12.1 Å². The maximum Gasteiger partial charge on any atom is 0.146 e. The van der Waals surface area contributed by atoms with Gasteiger partial charge in [0.1, 0.15) is 5.50 Å². The Kier molecular flexibility index (Phi) is 4.09. The minimum absolute atomic E-state index is 0.248. The topological polar surface area (TPSA) is 24.1 Å². The van der Waals surface area contributed by atoms with Crippen LogP contribution in [0.3, 0.4) is 0 Å². The van der Waals surface area contributed by atoms with Gasteiger partial charge in [-0.05, 0) is 80.1 Å². The average Bonchev–Trinajstić information content (AvgIpc) is 2.94. The van der Waals surface area contributed by atoms with E-state index in [1.54, 1.807) is 0 Å². The van der Waals surface area contributed by atoms with Crippen LogP contribution >= 0.6 is 11.8 Å². The summed E-state index contributed by atoms with van der Waals surface area (Å²) in [7, 11) is 0. The Bertz CT molecular complexity index is 668. The van der Waals surface area contributed by atoms with Gasteiger partial charge < -0.3 is 10.6 Å². The summed E-state index contributed by atoms with van der Waals surface area (Å²) in [5.74, 6) is 1.03. The molecule has 116 valence electrons. The second-order valence-electron chi connectivity index (χ2n) is 6.13. The summed E-state index contributed by atoms with van der Waals surface area (Å²) in [6.45, 7) is 11.2. The smallest absolute Gasteiger partial charge is 0.146 e. The summed E-state index contributed by atoms with van der Waals surface area (Å²) in [6.07, 6.45) is 0. The third-order valence-electron chi connectivity index (χ3n) is 5.05. The molecule has 22 heavy (non-hydrogen) atoms. The van der Waals surface area contributed by atoms with Crippen molar-refractivity contribution in [1.29, 1.82) is 0 Å². The molecular formula is C19H24N2S. The van der Waals surface area contributed by atoms with Crippen molar-refractivity contribution in [2.24, 2.45) is 0 Å². The standard InChI is InChI=1S/C19H24N2S/c1-11-12(2)14(4)16(15(5)13(11)3)10-22-19-20-17-8-6-7-9-18(17)21-19/h6-9,19-21H,10H2,1-5H3. The van der Waals surface area contributed by atoms with Gasteiger partial charge in [0.15, 0.2) is 0 Å². The van der Waals surface area contributed by atoms with E-state index in [-0.39, 0.29) is 5.50 Å². The number of thioether (sulfide) groups is 1. The molecular weight excluding hydrogens is 288 g/mol. The first-order valence-corrected chi connectivity index (χ1v) is 8.83. The van der Waals surface area contributed by atoms with Crippen molar-refractivity contribution in [2.75, 3.05) is 10.6 Å². The molecule has 0 saturated heterocycles. The lowest BCUT2D eigenvalue weighted by atomic mass is 9.90. The van der Waals surface area contributed by atoms with Crippen LogP contribution in [-0.2, 0) is 5.75 Å². The van der Waals surface area contributed by atoms with E-state index in [9.17, 15) is 0 Å². The van der Waals surface area contributed by atoms with Crippen molar-refractivity contribution in [2.45, 2.75) is 45.9 Å². The van der Waals surface area contributed by atoms with Crippen molar-refractivity contribution in [3.8, 4) is 0 Å². The van der Waals surface area contributed by atoms with E-state index in [0.29, 0.717) is 0 Å². The van der Waals surface area contributed by atoms with E-state index in [1.165, 1.54) is 44.8 Å². The zero-order chi connectivity index (χ0) is 15.9. The summed E-state index contributed by atoms with van der Waals surface area (Å²) in [5, 5.41) is 7.07. The highest BCUT2D eigenvalue weighted by atomic mass is 32.2. The van der Waals surface area contributed by atoms with Crippen molar-refractivity contribution in [3.05, 3.63) is 57.6 Å². The molecule has 2 aromatic rings. The zero-order valence-corrected chi connectivity index (χ0v) is 14.8. The molecule has 0 bridgehead atoms. The SMILES string of the molecule is Cc1c(C)c(C)c(CSC2Nc3ccccc3N2)c(C)c1C. The highest BCUT2D eigenvalue weighted by molar-refractivity contribution is 7.99. The normalized spacial score (nSPS) is 13.7. The van der Waals surface area contributed by atoms with E-state index >= 15 is 0 Å². The first-order valence-electron chi connectivity index (χ1n) is 7.78. The van der Waals surface area contributed by atoms with Gasteiger partial charge in [0.05, 0.1) is 11.4 Å². The molecule has 0 aromatic heterocycles. The number of hydrogen-bond acceptors (Lipinski definition) is 3. The molecule has 1 aliphatic rings. The molecule has 3 rings (SSSR count). The van der Waals surface area contributed by atoms with Gasteiger partial charge in [-0.25, -0.2) is 0 Å². The maximum absolute atomic E-state index is 3.54. The third kappa shape index (κ3) is 2.58. The molecule has 3 heteroatoms. The Morgan fingerprint density at radius 2 is 1.23 bits per heavy atom. The quantitative estimate of drug-likeness (QED) is 0.806. The second kappa shape index (κ2) is 5.88. The van der Waals surface area contributed by atoms with Crippen LogP contribution < -0.4 is 10.6 Å². The number of rotatable bonds is 3. The minimum atomic E-state index is 0.248. The number of anilines is 2. The fourth-order valence-electron chi connectivity index (χ4n) is 3.10. The summed E-state index contributed by atoms with van der Waals surface area (Å²) in [4.78, 5) is 0. The van der Waals surface area contributed by atoms with Gasteiger partial charge in [-0.2, -0.15) is 0 Å². The highest BCUT2D eigenvalue weighted by Crippen LogP contribution is 2.35. The summed E-state index contributed by atoms with van der Waals surface area (Å²) in [5.41, 5.74) is 11.3. The van der Waals surface area contributed by atoms with Crippen molar-refractivity contribution < 1.29 is 0 Å². The molecule has 0 atom stereocenters. The van der Waals surface area contributed by atoms with Gasteiger partial charge >= 0.3 is 0 Å².